The van der Waals surface area contributed by atoms with E-state index in [0.717, 1.165) is 35.8 Å². The van der Waals surface area contributed by atoms with E-state index in [9.17, 15) is 9.59 Å². The Labute approximate surface area is 259 Å². The van der Waals surface area contributed by atoms with Crippen LogP contribution < -0.4 is 9.47 Å². The van der Waals surface area contributed by atoms with Crippen molar-refractivity contribution >= 4 is 22.7 Å². The maximum Gasteiger partial charge on any atom is 0.343 e. The number of carbonyl (C=O) groups is 2. The van der Waals surface area contributed by atoms with Gasteiger partial charge >= 0.3 is 11.9 Å². The molecule has 0 spiro atoms. The Bertz CT molecular complexity index is 1230. The molecule has 3 aromatic rings. The third-order valence-corrected chi connectivity index (χ3v) is 7.89. The molecule has 0 aliphatic carbocycles. The summed E-state index contributed by atoms with van der Waals surface area (Å²) in [5, 5.41) is 1.76. The topological polar surface area (TPSA) is 61.8 Å². The lowest BCUT2D eigenvalue weighted by Crippen LogP contribution is -2.15. The molecule has 3 aromatic carbocycles. The molecule has 3 rings (SSSR count). The van der Waals surface area contributed by atoms with Gasteiger partial charge in [0.25, 0.3) is 0 Å². The summed E-state index contributed by atoms with van der Waals surface area (Å²) in [6.45, 7) is 7.08. The summed E-state index contributed by atoms with van der Waals surface area (Å²) in [5.41, 5.74) is 0.987. The van der Waals surface area contributed by atoms with Crippen molar-refractivity contribution in [2.75, 3.05) is 6.61 Å². The highest BCUT2D eigenvalue weighted by atomic mass is 16.5. The molecule has 0 aliphatic rings. The van der Waals surface area contributed by atoms with E-state index in [1.54, 1.807) is 24.3 Å². The van der Waals surface area contributed by atoms with E-state index in [4.69, 9.17) is 14.2 Å². The zero-order valence-corrected chi connectivity index (χ0v) is 26.7. The summed E-state index contributed by atoms with van der Waals surface area (Å²) in [7, 11) is 0. The summed E-state index contributed by atoms with van der Waals surface area (Å²) in [6.07, 6.45) is 18.4. The first-order valence-electron chi connectivity index (χ1n) is 16.7. The molecule has 43 heavy (non-hydrogen) atoms. The van der Waals surface area contributed by atoms with Crippen molar-refractivity contribution in [3.8, 4) is 11.5 Å². The van der Waals surface area contributed by atoms with Crippen LogP contribution in [0.2, 0.25) is 0 Å². The van der Waals surface area contributed by atoms with Crippen LogP contribution in [0.5, 0.6) is 11.5 Å². The minimum absolute atomic E-state index is 0.105. The highest BCUT2D eigenvalue weighted by Crippen LogP contribution is 2.24. The molecule has 0 amide bonds. The molecule has 0 aliphatic heterocycles. The Morgan fingerprint density at radius 2 is 1.12 bits per heavy atom. The van der Waals surface area contributed by atoms with Crippen molar-refractivity contribution in [3.63, 3.8) is 0 Å². The Morgan fingerprint density at radius 1 is 0.581 bits per heavy atom. The highest BCUT2D eigenvalue weighted by Gasteiger charge is 2.14. The molecule has 0 N–H and O–H groups in total. The maximum atomic E-state index is 12.8. The number of ether oxygens (including phenoxy) is 3. The highest BCUT2D eigenvalue weighted by molar-refractivity contribution is 5.96. The van der Waals surface area contributed by atoms with Crippen LogP contribution in [-0.4, -0.2) is 24.6 Å². The van der Waals surface area contributed by atoms with Crippen molar-refractivity contribution in [3.05, 3.63) is 71.8 Å². The van der Waals surface area contributed by atoms with Crippen LogP contribution in [0.25, 0.3) is 10.8 Å². The molecule has 0 fully saturated rings. The van der Waals surface area contributed by atoms with Gasteiger partial charge in [0.05, 0.1) is 23.8 Å². The molecule has 0 unspecified atom stereocenters. The number of carbonyl (C=O) groups excluding carboxylic acids is 2. The standard InChI is InChI=1S/C38H52O5/c1-4-6-8-10-11-12-13-14-15-17-27-41-35-24-21-31(22-25-35)37(39)43-36-26-23-32-28-34(20-19-33(32)29-36)38(40)42-30(3)18-16-9-7-5-2/h19-26,28-30H,4-18,27H2,1-3H3/t30-/m1/s1. The summed E-state index contributed by atoms with van der Waals surface area (Å²) in [5.74, 6) is 0.484. The lowest BCUT2D eigenvalue weighted by molar-refractivity contribution is 0.0319. The molecule has 0 heterocycles. The number of benzene rings is 3. The number of esters is 2. The minimum Gasteiger partial charge on any atom is -0.494 e. The predicted molar refractivity (Wildman–Crippen MR) is 176 cm³/mol. The molecule has 5 heteroatoms. The molecule has 0 bridgehead atoms. The van der Waals surface area contributed by atoms with Gasteiger partial charge in [0.1, 0.15) is 11.5 Å². The molecule has 5 nitrogen and oxygen atoms in total. The molecule has 0 radical (unpaired) electrons. The van der Waals surface area contributed by atoms with Crippen molar-refractivity contribution < 1.29 is 23.8 Å². The molecule has 1 atom stereocenters. The van der Waals surface area contributed by atoms with Crippen LogP contribution in [0.1, 0.15) is 138 Å². The largest absolute Gasteiger partial charge is 0.494 e. The second-order valence-corrected chi connectivity index (χ2v) is 11.7. The minimum atomic E-state index is -0.422. The van der Waals surface area contributed by atoms with Gasteiger partial charge in [-0.05, 0) is 85.5 Å². The van der Waals surface area contributed by atoms with Crippen LogP contribution in [0.15, 0.2) is 60.7 Å². The first-order chi connectivity index (χ1) is 21.0. The van der Waals surface area contributed by atoms with E-state index in [0.29, 0.717) is 23.5 Å². The Hall–Kier alpha value is -3.34. The summed E-state index contributed by atoms with van der Waals surface area (Å²) >= 11 is 0. The third kappa shape index (κ3) is 12.8. The molecule has 234 valence electrons. The van der Waals surface area contributed by atoms with Gasteiger partial charge in [0.2, 0.25) is 0 Å². The van der Waals surface area contributed by atoms with Gasteiger partial charge in [-0.25, -0.2) is 9.59 Å². The van der Waals surface area contributed by atoms with Crippen LogP contribution in [0.3, 0.4) is 0 Å². The van der Waals surface area contributed by atoms with Crippen molar-refractivity contribution in [2.24, 2.45) is 0 Å². The maximum absolute atomic E-state index is 12.8. The smallest absolute Gasteiger partial charge is 0.343 e. The number of unbranched alkanes of at least 4 members (excludes halogenated alkanes) is 12. The second-order valence-electron chi connectivity index (χ2n) is 11.7. The van der Waals surface area contributed by atoms with Gasteiger partial charge < -0.3 is 14.2 Å². The van der Waals surface area contributed by atoms with E-state index >= 15 is 0 Å². The molecule has 0 saturated heterocycles. The van der Waals surface area contributed by atoms with E-state index < -0.39 is 5.97 Å². The molecular weight excluding hydrogens is 536 g/mol. The fourth-order valence-electron chi connectivity index (χ4n) is 5.22. The average molecular weight is 589 g/mol. The monoisotopic (exact) mass is 588 g/mol. The molecule has 0 saturated carbocycles. The summed E-state index contributed by atoms with van der Waals surface area (Å²) in [6, 6.07) is 18.0. The first kappa shape index (κ1) is 34.2. The molecule has 0 aromatic heterocycles. The normalized spacial score (nSPS) is 11.8. The number of hydrogen-bond donors (Lipinski definition) is 0. The van der Waals surface area contributed by atoms with Crippen molar-refractivity contribution in [2.45, 2.75) is 123 Å². The van der Waals surface area contributed by atoms with E-state index in [2.05, 4.69) is 13.8 Å². The third-order valence-electron chi connectivity index (χ3n) is 7.89. The van der Waals surface area contributed by atoms with Gasteiger partial charge in [0, 0.05) is 0 Å². The lowest BCUT2D eigenvalue weighted by atomic mass is 10.1. The van der Waals surface area contributed by atoms with Crippen LogP contribution >= 0.6 is 0 Å². The van der Waals surface area contributed by atoms with Crippen molar-refractivity contribution in [1.82, 2.24) is 0 Å². The Balaban J connectivity index is 1.39. The van der Waals surface area contributed by atoms with Crippen LogP contribution in [0.4, 0.5) is 0 Å². The van der Waals surface area contributed by atoms with Crippen molar-refractivity contribution in [1.29, 1.82) is 0 Å². The lowest BCUT2D eigenvalue weighted by Gasteiger charge is -2.13. The number of rotatable bonds is 21. The number of fused-ring (bicyclic) bond motifs is 1. The summed E-state index contributed by atoms with van der Waals surface area (Å²) in [4.78, 5) is 25.4. The van der Waals surface area contributed by atoms with Gasteiger partial charge in [-0.15, -0.1) is 0 Å². The first-order valence-corrected chi connectivity index (χ1v) is 16.7. The zero-order valence-electron chi connectivity index (χ0n) is 26.7. The van der Waals surface area contributed by atoms with Gasteiger partial charge in [-0.1, -0.05) is 103 Å². The van der Waals surface area contributed by atoms with Gasteiger partial charge in [-0.2, -0.15) is 0 Å². The van der Waals surface area contributed by atoms with Crippen LogP contribution in [0, 0.1) is 0 Å². The zero-order chi connectivity index (χ0) is 30.7. The Kier molecular flexibility index (Phi) is 15.7. The van der Waals surface area contributed by atoms with Crippen LogP contribution in [-0.2, 0) is 4.74 Å². The fourth-order valence-corrected chi connectivity index (χ4v) is 5.22. The Morgan fingerprint density at radius 3 is 1.79 bits per heavy atom. The summed E-state index contributed by atoms with van der Waals surface area (Å²) < 4.78 is 17.1. The van der Waals surface area contributed by atoms with E-state index in [1.807, 2.05) is 43.3 Å². The number of hydrogen-bond acceptors (Lipinski definition) is 5. The predicted octanol–water partition coefficient (Wildman–Crippen LogP) is 10.9. The second kappa shape index (κ2) is 19.8. The average Bonchev–Trinajstić information content (AvgIpc) is 3.02. The fraction of sp³-hybridized carbons (Fsp3) is 0.526. The van der Waals surface area contributed by atoms with E-state index in [-0.39, 0.29) is 12.1 Å². The van der Waals surface area contributed by atoms with Gasteiger partial charge in [-0.3, -0.25) is 0 Å². The molecular formula is C38H52O5. The SMILES string of the molecule is CCCCCCCCCCCCOc1ccc(C(=O)Oc2ccc3cc(C(=O)O[C@H](C)CCCCCC)ccc3c2)cc1. The quantitative estimate of drug-likeness (QED) is 0.0703. The van der Waals surface area contributed by atoms with Gasteiger partial charge in [0.15, 0.2) is 0 Å². The van der Waals surface area contributed by atoms with E-state index in [1.165, 1.54) is 77.0 Å².